The molecule has 0 fully saturated rings. The zero-order chi connectivity index (χ0) is 12.3. The monoisotopic (exact) mass is 225 g/mol. The highest BCUT2D eigenvalue weighted by Crippen LogP contribution is 2.26. The number of hydrogen-bond acceptors (Lipinski definition) is 2. The normalized spacial score (nSPS) is 10.2. The summed E-state index contributed by atoms with van der Waals surface area (Å²) >= 11 is 0. The second kappa shape index (κ2) is 4.71. The Morgan fingerprint density at radius 3 is 2.62 bits per heavy atom. The molecule has 0 saturated carbocycles. The molecule has 1 aromatic rings. The second-order valence-corrected chi connectivity index (χ2v) is 3.36. The first-order valence-electron chi connectivity index (χ1n) is 4.49. The van der Waals surface area contributed by atoms with Crippen LogP contribution in [0.5, 0.6) is 0 Å². The molecule has 0 unspecified atom stereocenters. The number of rotatable bonds is 3. The lowest BCUT2D eigenvalue weighted by Gasteiger charge is -2.08. The average molecular weight is 225 g/mol. The maximum atomic E-state index is 12.6. The Bertz CT molecular complexity index is 464. The minimum Gasteiger partial charge on any atom is -0.481 e. The van der Waals surface area contributed by atoms with E-state index in [1.54, 1.807) is 6.07 Å². The standard InChI is InChI=1S/C11H9F2NO2/c1-6-2-7(4-10(15)16)3-8(11(12)13)9(6)5-14/h2-3,11H,4H2,1H3,(H,15,16). The van der Waals surface area contributed by atoms with Crippen LogP contribution in [0.25, 0.3) is 0 Å². The van der Waals surface area contributed by atoms with Gasteiger partial charge in [0.05, 0.1) is 18.1 Å². The van der Waals surface area contributed by atoms with E-state index in [1.807, 2.05) is 0 Å². The van der Waals surface area contributed by atoms with Crippen LogP contribution in [0.2, 0.25) is 0 Å². The van der Waals surface area contributed by atoms with Crippen molar-refractivity contribution in [1.29, 1.82) is 5.26 Å². The smallest absolute Gasteiger partial charge is 0.307 e. The Labute approximate surface area is 90.9 Å². The number of carboxylic acids is 1. The second-order valence-electron chi connectivity index (χ2n) is 3.36. The number of benzene rings is 1. The van der Waals surface area contributed by atoms with Crippen molar-refractivity contribution in [1.82, 2.24) is 0 Å². The van der Waals surface area contributed by atoms with Crippen LogP contribution >= 0.6 is 0 Å². The molecule has 1 aromatic carbocycles. The Hall–Kier alpha value is -1.96. The highest BCUT2D eigenvalue weighted by molar-refractivity contribution is 5.70. The molecule has 84 valence electrons. The minimum absolute atomic E-state index is 0.0795. The van der Waals surface area contributed by atoms with Crippen LogP contribution < -0.4 is 0 Å². The summed E-state index contributed by atoms with van der Waals surface area (Å²) in [6.07, 6.45) is -3.10. The van der Waals surface area contributed by atoms with Gasteiger partial charge in [-0.3, -0.25) is 4.79 Å². The summed E-state index contributed by atoms with van der Waals surface area (Å²) in [7, 11) is 0. The van der Waals surface area contributed by atoms with Crippen LogP contribution in [0.4, 0.5) is 8.78 Å². The van der Waals surface area contributed by atoms with Gasteiger partial charge in [-0.15, -0.1) is 0 Å². The van der Waals surface area contributed by atoms with Gasteiger partial charge in [0.15, 0.2) is 0 Å². The first-order valence-corrected chi connectivity index (χ1v) is 4.49. The van der Waals surface area contributed by atoms with Crippen molar-refractivity contribution < 1.29 is 18.7 Å². The molecule has 16 heavy (non-hydrogen) atoms. The third-order valence-corrected chi connectivity index (χ3v) is 2.13. The summed E-state index contributed by atoms with van der Waals surface area (Å²) in [4.78, 5) is 10.5. The van der Waals surface area contributed by atoms with Gasteiger partial charge in [0.25, 0.3) is 6.43 Å². The van der Waals surface area contributed by atoms with Crippen molar-refractivity contribution in [3.8, 4) is 6.07 Å². The molecule has 0 saturated heterocycles. The molecular weight excluding hydrogens is 216 g/mol. The van der Waals surface area contributed by atoms with Crippen molar-refractivity contribution >= 4 is 5.97 Å². The van der Waals surface area contributed by atoms with E-state index >= 15 is 0 Å². The highest BCUT2D eigenvalue weighted by atomic mass is 19.3. The Morgan fingerprint density at radius 1 is 1.56 bits per heavy atom. The molecule has 0 heterocycles. The lowest BCUT2D eigenvalue weighted by Crippen LogP contribution is -2.03. The number of alkyl halides is 2. The van der Waals surface area contributed by atoms with Crippen LogP contribution in [0.3, 0.4) is 0 Å². The Balaban J connectivity index is 3.29. The van der Waals surface area contributed by atoms with Gasteiger partial charge in [-0.05, 0) is 24.1 Å². The SMILES string of the molecule is Cc1cc(CC(=O)O)cc(C(F)F)c1C#N. The van der Waals surface area contributed by atoms with Crippen molar-refractivity contribution in [2.24, 2.45) is 0 Å². The molecule has 0 aromatic heterocycles. The van der Waals surface area contributed by atoms with Crippen molar-refractivity contribution in [2.45, 2.75) is 19.8 Å². The first kappa shape index (κ1) is 12.1. The van der Waals surface area contributed by atoms with E-state index < -0.39 is 18.0 Å². The number of carbonyl (C=O) groups is 1. The molecule has 0 amide bonds. The van der Waals surface area contributed by atoms with Crippen LogP contribution in [0, 0.1) is 18.3 Å². The first-order chi connectivity index (χ1) is 7.45. The Morgan fingerprint density at radius 2 is 2.19 bits per heavy atom. The molecule has 0 spiro atoms. The van der Waals surface area contributed by atoms with E-state index in [0.29, 0.717) is 5.56 Å². The molecule has 1 rings (SSSR count). The molecule has 0 radical (unpaired) electrons. The average Bonchev–Trinajstić information content (AvgIpc) is 2.15. The van der Waals surface area contributed by atoms with E-state index in [9.17, 15) is 13.6 Å². The fraction of sp³-hybridized carbons (Fsp3) is 0.273. The van der Waals surface area contributed by atoms with E-state index in [2.05, 4.69) is 0 Å². The minimum atomic E-state index is -2.78. The molecule has 1 N–H and O–H groups in total. The largest absolute Gasteiger partial charge is 0.481 e. The predicted molar refractivity (Wildman–Crippen MR) is 52.2 cm³/mol. The fourth-order valence-corrected chi connectivity index (χ4v) is 1.49. The van der Waals surface area contributed by atoms with Gasteiger partial charge in [0.2, 0.25) is 0 Å². The molecule has 0 bridgehead atoms. The van der Waals surface area contributed by atoms with Crippen molar-refractivity contribution in [2.75, 3.05) is 0 Å². The zero-order valence-corrected chi connectivity index (χ0v) is 8.50. The topological polar surface area (TPSA) is 61.1 Å². The number of nitrogens with zero attached hydrogens (tertiary/aromatic N) is 1. The molecule has 0 aliphatic carbocycles. The molecule has 0 aliphatic rings. The third-order valence-electron chi connectivity index (χ3n) is 2.13. The number of nitriles is 1. The van der Waals surface area contributed by atoms with Gasteiger partial charge >= 0.3 is 5.97 Å². The summed E-state index contributed by atoms with van der Waals surface area (Å²) in [6.45, 7) is 1.51. The van der Waals surface area contributed by atoms with Crippen molar-refractivity contribution in [3.05, 3.63) is 34.4 Å². The van der Waals surface area contributed by atoms with Gasteiger partial charge in [-0.25, -0.2) is 8.78 Å². The molecule has 0 aliphatic heterocycles. The van der Waals surface area contributed by atoms with Gasteiger partial charge in [-0.2, -0.15) is 5.26 Å². The molecule has 5 heteroatoms. The molecule has 3 nitrogen and oxygen atoms in total. The summed E-state index contributed by atoms with van der Waals surface area (Å²) in [5.74, 6) is -1.09. The predicted octanol–water partition coefficient (Wildman–Crippen LogP) is 2.43. The highest BCUT2D eigenvalue weighted by Gasteiger charge is 2.16. The van der Waals surface area contributed by atoms with Gasteiger partial charge < -0.3 is 5.11 Å². The molecular formula is C11H9F2NO2. The number of hydrogen-bond donors (Lipinski definition) is 1. The number of aliphatic carboxylic acids is 1. The quantitative estimate of drug-likeness (QED) is 0.859. The summed E-state index contributed by atoms with van der Waals surface area (Å²) < 4.78 is 25.2. The maximum Gasteiger partial charge on any atom is 0.307 e. The van der Waals surface area contributed by atoms with E-state index in [-0.39, 0.29) is 17.5 Å². The summed E-state index contributed by atoms with van der Waals surface area (Å²) in [6, 6.07) is 4.22. The van der Waals surface area contributed by atoms with Crippen LogP contribution in [0.15, 0.2) is 12.1 Å². The lowest BCUT2D eigenvalue weighted by molar-refractivity contribution is -0.136. The summed E-state index contributed by atoms with van der Waals surface area (Å²) in [5.41, 5.74) is 0.165. The van der Waals surface area contributed by atoms with Crippen LogP contribution in [0.1, 0.15) is 28.7 Å². The van der Waals surface area contributed by atoms with Gasteiger partial charge in [-0.1, -0.05) is 6.07 Å². The van der Waals surface area contributed by atoms with Gasteiger partial charge in [0, 0.05) is 5.56 Å². The van der Waals surface area contributed by atoms with E-state index in [0.717, 1.165) is 6.07 Å². The lowest BCUT2D eigenvalue weighted by atomic mass is 9.98. The number of aryl methyl sites for hydroxylation is 1. The zero-order valence-electron chi connectivity index (χ0n) is 8.50. The Kier molecular flexibility index (Phi) is 3.56. The van der Waals surface area contributed by atoms with Crippen LogP contribution in [-0.4, -0.2) is 11.1 Å². The maximum absolute atomic E-state index is 12.6. The molecule has 0 atom stereocenters. The fourth-order valence-electron chi connectivity index (χ4n) is 1.49. The number of carboxylic acid groups (broad SMARTS) is 1. The summed E-state index contributed by atoms with van der Waals surface area (Å²) in [5, 5.41) is 17.3. The van der Waals surface area contributed by atoms with E-state index in [4.69, 9.17) is 10.4 Å². The van der Waals surface area contributed by atoms with Gasteiger partial charge in [0.1, 0.15) is 0 Å². The number of halogens is 2. The van der Waals surface area contributed by atoms with Crippen molar-refractivity contribution in [3.63, 3.8) is 0 Å². The van der Waals surface area contributed by atoms with Crippen LogP contribution in [-0.2, 0) is 11.2 Å². The van der Waals surface area contributed by atoms with E-state index in [1.165, 1.54) is 13.0 Å². The third kappa shape index (κ3) is 2.54.